The number of ether oxygens (including phenoxy) is 3. The summed E-state index contributed by atoms with van der Waals surface area (Å²) in [7, 11) is 2.97. The number of carbonyl (C=O) groups is 1. The molecular formula is C11H12O4. The fraction of sp³-hybridized carbons (Fsp3) is 0.364. The van der Waals surface area contributed by atoms with Crippen molar-refractivity contribution >= 4 is 5.97 Å². The maximum absolute atomic E-state index is 11.4. The molecule has 15 heavy (non-hydrogen) atoms. The second kappa shape index (κ2) is 3.81. The van der Waals surface area contributed by atoms with Gasteiger partial charge in [0.05, 0.1) is 14.2 Å². The number of methoxy groups -OCH3 is 2. The highest BCUT2D eigenvalue weighted by molar-refractivity contribution is 5.80. The Hall–Kier alpha value is -1.71. The van der Waals surface area contributed by atoms with Crippen LogP contribution in [0.15, 0.2) is 18.2 Å². The maximum Gasteiger partial charge on any atom is 0.316 e. The highest BCUT2D eigenvalue weighted by Gasteiger charge is 2.31. The van der Waals surface area contributed by atoms with Crippen LogP contribution in [-0.4, -0.2) is 26.8 Å². The Kier molecular flexibility index (Phi) is 2.49. The van der Waals surface area contributed by atoms with Crippen LogP contribution in [0, 0.1) is 0 Å². The lowest BCUT2D eigenvalue weighted by Crippen LogP contribution is -2.15. The second-order valence-electron chi connectivity index (χ2n) is 3.29. The zero-order valence-electron chi connectivity index (χ0n) is 8.65. The van der Waals surface area contributed by atoms with Crippen molar-refractivity contribution < 1.29 is 19.0 Å². The summed E-state index contributed by atoms with van der Waals surface area (Å²) in [6.45, 7) is 0.342. The minimum atomic E-state index is -0.309. The van der Waals surface area contributed by atoms with Crippen LogP contribution in [-0.2, 0) is 9.53 Å². The molecular weight excluding hydrogens is 196 g/mol. The predicted molar refractivity (Wildman–Crippen MR) is 53.2 cm³/mol. The fourth-order valence-electron chi connectivity index (χ4n) is 1.65. The molecule has 0 aliphatic carbocycles. The number of carbonyl (C=O) groups excluding carboxylic acids is 1. The van der Waals surface area contributed by atoms with Crippen LogP contribution in [0.4, 0.5) is 0 Å². The molecule has 0 N–H and O–H groups in total. The molecule has 1 unspecified atom stereocenters. The number of esters is 1. The van der Waals surface area contributed by atoms with Gasteiger partial charge in [-0.25, -0.2) is 0 Å². The number of fused-ring (bicyclic) bond motifs is 1. The third kappa shape index (κ3) is 1.63. The molecule has 1 aromatic carbocycles. The van der Waals surface area contributed by atoms with Crippen molar-refractivity contribution in [2.24, 2.45) is 0 Å². The van der Waals surface area contributed by atoms with Gasteiger partial charge in [-0.1, -0.05) is 6.07 Å². The van der Waals surface area contributed by atoms with Gasteiger partial charge < -0.3 is 14.2 Å². The monoisotopic (exact) mass is 208 g/mol. The van der Waals surface area contributed by atoms with Crippen LogP contribution in [0.3, 0.4) is 0 Å². The zero-order valence-corrected chi connectivity index (χ0v) is 8.65. The van der Waals surface area contributed by atoms with E-state index in [0.29, 0.717) is 12.4 Å². The van der Waals surface area contributed by atoms with Crippen LogP contribution in [0.5, 0.6) is 11.5 Å². The van der Waals surface area contributed by atoms with Crippen LogP contribution in [0.25, 0.3) is 0 Å². The highest BCUT2D eigenvalue weighted by atomic mass is 16.5. The van der Waals surface area contributed by atoms with Crippen LogP contribution in [0.2, 0.25) is 0 Å². The minimum absolute atomic E-state index is 0.265. The predicted octanol–water partition coefficient (Wildman–Crippen LogP) is 1.34. The van der Waals surface area contributed by atoms with E-state index in [0.717, 1.165) is 11.3 Å². The normalized spacial score (nSPS) is 17.9. The van der Waals surface area contributed by atoms with Crippen molar-refractivity contribution in [3.05, 3.63) is 23.8 Å². The molecule has 1 aliphatic rings. The van der Waals surface area contributed by atoms with Crippen molar-refractivity contribution in [3.8, 4) is 11.5 Å². The van der Waals surface area contributed by atoms with Gasteiger partial charge in [0.25, 0.3) is 0 Å². The van der Waals surface area contributed by atoms with Gasteiger partial charge >= 0.3 is 5.97 Å². The Morgan fingerprint density at radius 2 is 2.27 bits per heavy atom. The summed E-state index contributed by atoms with van der Waals surface area (Å²) in [5.74, 6) is 0.846. The Bertz CT molecular complexity index is 386. The van der Waals surface area contributed by atoms with Gasteiger partial charge in [0, 0.05) is 11.6 Å². The summed E-state index contributed by atoms with van der Waals surface area (Å²) in [6.07, 6.45) is 0. The van der Waals surface area contributed by atoms with E-state index in [2.05, 4.69) is 0 Å². The van der Waals surface area contributed by atoms with Crippen molar-refractivity contribution in [1.82, 2.24) is 0 Å². The maximum atomic E-state index is 11.4. The summed E-state index contributed by atoms with van der Waals surface area (Å²) in [5, 5.41) is 0. The number of hydrogen-bond acceptors (Lipinski definition) is 4. The van der Waals surface area contributed by atoms with Gasteiger partial charge in [0.1, 0.15) is 24.0 Å². The number of hydrogen-bond donors (Lipinski definition) is 0. The van der Waals surface area contributed by atoms with Crippen molar-refractivity contribution in [3.63, 3.8) is 0 Å². The third-order valence-electron chi connectivity index (χ3n) is 2.49. The average Bonchev–Trinajstić information content (AvgIpc) is 2.70. The standard InChI is InChI=1S/C11H12O4/c1-13-7-3-4-8-9(11(12)14-2)6-15-10(8)5-7/h3-5,9H,6H2,1-2H3. The quantitative estimate of drug-likeness (QED) is 0.688. The number of benzene rings is 1. The molecule has 4 heteroatoms. The lowest BCUT2D eigenvalue weighted by Gasteiger charge is -2.06. The van der Waals surface area contributed by atoms with Gasteiger partial charge in [0.2, 0.25) is 0 Å². The highest BCUT2D eigenvalue weighted by Crippen LogP contribution is 2.36. The van der Waals surface area contributed by atoms with E-state index in [1.165, 1.54) is 7.11 Å². The van der Waals surface area contributed by atoms with Gasteiger partial charge in [-0.15, -0.1) is 0 Å². The van der Waals surface area contributed by atoms with Crippen molar-refractivity contribution in [1.29, 1.82) is 0 Å². The summed E-state index contributed by atoms with van der Waals surface area (Å²) in [6, 6.07) is 5.42. The molecule has 1 aliphatic heterocycles. The molecule has 0 saturated carbocycles. The van der Waals surface area contributed by atoms with Crippen LogP contribution >= 0.6 is 0 Å². The van der Waals surface area contributed by atoms with Gasteiger partial charge in [0.15, 0.2) is 0 Å². The zero-order chi connectivity index (χ0) is 10.8. The Morgan fingerprint density at radius 1 is 1.47 bits per heavy atom. The molecule has 80 valence electrons. The third-order valence-corrected chi connectivity index (χ3v) is 2.49. The largest absolute Gasteiger partial charge is 0.497 e. The van der Waals surface area contributed by atoms with Crippen molar-refractivity contribution in [2.45, 2.75) is 5.92 Å². The minimum Gasteiger partial charge on any atom is -0.497 e. The first-order valence-corrected chi connectivity index (χ1v) is 4.65. The Balaban J connectivity index is 2.32. The molecule has 1 atom stereocenters. The van der Waals surface area contributed by atoms with Crippen molar-refractivity contribution in [2.75, 3.05) is 20.8 Å². The van der Waals surface area contributed by atoms with E-state index < -0.39 is 0 Å². The van der Waals surface area contributed by atoms with Gasteiger partial charge in [-0.05, 0) is 6.07 Å². The van der Waals surface area contributed by atoms with E-state index in [-0.39, 0.29) is 11.9 Å². The number of rotatable bonds is 2. The molecule has 0 radical (unpaired) electrons. The Labute approximate surface area is 87.8 Å². The van der Waals surface area contributed by atoms with E-state index in [1.54, 1.807) is 13.2 Å². The molecule has 4 nitrogen and oxygen atoms in total. The van der Waals surface area contributed by atoms with Crippen LogP contribution in [0.1, 0.15) is 11.5 Å². The van der Waals surface area contributed by atoms with E-state index >= 15 is 0 Å². The first-order chi connectivity index (χ1) is 7.26. The molecule has 0 saturated heterocycles. The average molecular weight is 208 g/mol. The molecule has 1 aromatic rings. The first kappa shape index (κ1) is 9.83. The molecule has 0 bridgehead atoms. The van der Waals surface area contributed by atoms with Crippen LogP contribution < -0.4 is 9.47 Å². The first-order valence-electron chi connectivity index (χ1n) is 4.65. The van der Waals surface area contributed by atoms with E-state index in [9.17, 15) is 4.79 Å². The lowest BCUT2D eigenvalue weighted by molar-refractivity contribution is -0.142. The lowest BCUT2D eigenvalue weighted by atomic mass is 10.0. The molecule has 1 heterocycles. The summed E-state index contributed by atoms with van der Waals surface area (Å²) >= 11 is 0. The summed E-state index contributed by atoms with van der Waals surface area (Å²) in [4.78, 5) is 11.4. The molecule has 0 spiro atoms. The van der Waals surface area contributed by atoms with E-state index in [4.69, 9.17) is 14.2 Å². The van der Waals surface area contributed by atoms with Gasteiger partial charge in [-0.2, -0.15) is 0 Å². The topological polar surface area (TPSA) is 44.8 Å². The molecule has 2 rings (SSSR count). The Morgan fingerprint density at radius 3 is 2.93 bits per heavy atom. The smallest absolute Gasteiger partial charge is 0.316 e. The SMILES string of the molecule is COC(=O)C1COc2cc(OC)ccc21. The molecule has 0 aromatic heterocycles. The van der Waals surface area contributed by atoms with E-state index in [1.807, 2.05) is 12.1 Å². The molecule has 0 amide bonds. The fourth-order valence-corrected chi connectivity index (χ4v) is 1.65. The van der Waals surface area contributed by atoms with Gasteiger partial charge in [-0.3, -0.25) is 4.79 Å². The summed E-state index contributed by atoms with van der Waals surface area (Å²) < 4.78 is 15.2. The summed E-state index contributed by atoms with van der Waals surface area (Å²) in [5.41, 5.74) is 0.864. The molecule has 0 fully saturated rings. The second-order valence-corrected chi connectivity index (χ2v) is 3.29.